The van der Waals surface area contributed by atoms with Gasteiger partial charge in [0, 0.05) is 18.2 Å². The molecule has 138 valence electrons. The molecule has 0 saturated carbocycles. The number of carbonyl (C=O) groups excluding carboxylic acids is 1. The van der Waals surface area contributed by atoms with E-state index in [1.165, 1.54) is 0 Å². The van der Waals surface area contributed by atoms with Crippen LogP contribution in [-0.2, 0) is 28.7 Å². The number of anilines is 2. The fraction of sp³-hybridized carbons (Fsp3) is 0.278. The van der Waals surface area contributed by atoms with Crippen LogP contribution in [0.2, 0.25) is 0 Å². The number of fused-ring (bicyclic) bond motifs is 1. The Morgan fingerprint density at radius 3 is 2.31 bits per heavy atom. The monoisotopic (exact) mass is 376 g/mol. The molecule has 1 heterocycles. The van der Waals surface area contributed by atoms with Crippen LogP contribution >= 0.6 is 0 Å². The maximum atomic E-state index is 12.5. The van der Waals surface area contributed by atoms with Crippen LogP contribution in [0.1, 0.15) is 17.5 Å². The molecule has 1 aliphatic heterocycles. The van der Waals surface area contributed by atoms with Crippen LogP contribution in [0.5, 0.6) is 11.5 Å². The van der Waals surface area contributed by atoms with Gasteiger partial charge in [-0.3, -0.25) is 9.52 Å². The van der Waals surface area contributed by atoms with Crippen molar-refractivity contribution in [3.63, 3.8) is 0 Å². The molecule has 0 radical (unpaired) electrons. The summed E-state index contributed by atoms with van der Waals surface area (Å²) in [5.41, 5.74) is 3.22. The lowest BCUT2D eigenvalue weighted by Gasteiger charge is -2.30. The number of aryl methyl sites for hydroxylation is 1. The van der Waals surface area contributed by atoms with Gasteiger partial charge >= 0.3 is 0 Å². The Labute approximate surface area is 153 Å². The molecule has 0 atom stereocenters. The molecule has 26 heavy (non-hydrogen) atoms. The van der Waals surface area contributed by atoms with Crippen LogP contribution in [-0.4, -0.2) is 28.5 Å². The van der Waals surface area contributed by atoms with Crippen molar-refractivity contribution >= 4 is 28.2 Å². The molecule has 0 fully saturated rings. The summed E-state index contributed by atoms with van der Waals surface area (Å²) in [6.45, 7) is 0.394. The number of amides is 1. The third-order valence-electron chi connectivity index (χ3n) is 4.30. The zero-order valence-corrected chi connectivity index (χ0v) is 15.4. The molecular formula is C18H20N2O5S. The molecular weight excluding hydrogens is 356 g/mol. The van der Waals surface area contributed by atoms with E-state index < -0.39 is 10.9 Å². The first-order valence-electron chi connectivity index (χ1n) is 8.07. The Morgan fingerprint density at radius 2 is 1.69 bits per heavy atom. The van der Waals surface area contributed by atoms with Gasteiger partial charge in [0.15, 0.2) is 11.5 Å². The number of thiol groups is 1. The van der Waals surface area contributed by atoms with E-state index in [2.05, 4.69) is 4.72 Å². The third kappa shape index (κ3) is 3.75. The summed E-state index contributed by atoms with van der Waals surface area (Å²) in [6, 6.07) is 10.7. The number of methoxy groups -OCH3 is 2. The van der Waals surface area contributed by atoms with Gasteiger partial charge in [-0.15, -0.1) is 0 Å². The van der Waals surface area contributed by atoms with E-state index in [0.29, 0.717) is 36.6 Å². The number of benzene rings is 2. The van der Waals surface area contributed by atoms with Crippen molar-refractivity contribution in [2.45, 2.75) is 19.4 Å². The molecule has 8 heteroatoms. The lowest BCUT2D eigenvalue weighted by molar-refractivity contribution is -0.119. The molecule has 1 N–H and O–H groups in total. The number of carbonyl (C=O) groups is 1. The van der Waals surface area contributed by atoms with Gasteiger partial charge in [0.2, 0.25) is 16.8 Å². The minimum Gasteiger partial charge on any atom is -0.493 e. The predicted molar refractivity (Wildman–Crippen MR) is 99.4 cm³/mol. The largest absolute Gasteiger partial charge is 0.493 e. The third-order valence-corrected chi connectivity index (χ3v) is 4.74. The van der Waals surface area contributed by atoms with Crippen molar-refractivity contribution in [3.8, 4) is 11.5 Å². The number of ether oxygens (including phenoxy) is 2. The molecule has 0 bridgehead atoms. The quantitative estimate of drug-likeness (QED) is 0.755. The summed E-state index contributed by atoms with van der Waals surface area (Å²) in [7, 11) is 0.450. The van der Waals surface area contributed by atoms with E-state index in [0.717, 1.165) is 16.8 Å². The average Bonchev–Trinajstić information content (AvgIpc) is 2.64. The lowest BCUT2D eigenvalue weighted by Crippen LogP contribution is -2.34. The molecule has 7 nitrogen and oxygen atoms in total. The molecule has 0 saturated heterocycles. The van der Waals surface area contributed by atoms with Crippen molar-refractivity contribution < 1.29 is 22.7 Å². The van der Waals surface area contributed by atoms with Gasteiger partial charge in [0.1, 0.15) is 0 Å². The summed E-state index contributed by atoms with van der Waals surface area (Å²) >= 11 is 0. The second-order valence-electron chi connectivity index (χ2n) is 5.88. The Hall–Kier alpha value is -2.74. The van der Waals surface area contributed by atoms with Gasteiger partial charge in [-0.1, -0.05) is 12.1 Å². The molecule has 2 aromatic rings. The first kappa shape index (κ1) is 18.1. The molecule has 2 aromatic carbocycles. The molecule has 1 amide bonds. The second kappa shape index (κ2) is 7.65. The summed E-state index contributed by atoms with van der Waals surface area (Å²) in [5.74, 6) is 1.25. The first-order valence-corrected chi connectivity index (χ1v) is 9.25. The van der Waals surface area contributed by atoms with Crippen LogP contribution in [0.15, 0.2) is 36.4 Å². The fourth-order valence-corrected chi connectivity index (χ4v) is 3.38. The zero-order valence-electron chi connectivity index (χ0n) is 14.5. The highest BCUT2D eigenvalue weighted by atomic mass is 32.2. The van der Waals surface area contributed by atoms with E-state index >= 15 is 0 Å². The van der Waals surface area contributed by atoms with Crippen molar-refractivity contribution in [3.05, 3.63) is 47.5 Å². The summed E-state index contributed by atoms with van der Waals surface area (Å²) in [4.78, 5) is 14.2. The molecule has 3 rings (SSSR count). The van der Waals surface area contributed by atoms with Crippen LogP contribution < -0.4 is 19.1 Å². The Balaban J connectivity index is 1.90. The maximum absolute atomic E-state index is 12.5. The van der Waals surface area contributed by atoms with Crippen molar-refractivity contribution in [1.29, 1.82) is 0 Å². The van der Waals surface area contributed by atoms with E-state index in [9.17, 15) is 13.2 Å². The number of hydrogen-bond acceptors (Lipinski definition) is 5. The summed E-state index contributed by atoms with van der Waals surface area (Å²) < 4.78 is 34.5. The standard InChI is InChI=1S/C18H20N2O5S/c1-24-16-9-13-5-8-18(21)20(15(13)10-17(16)25-2)11-12-3-6-14(7-4-12)19-26(22)23/h3-4,6-7,9-10,26H,5,8,11H2,1-2H3,(H,19,22,23). The minimum absolute atomic E-state index is 0.0366. The average molecular weight is 376 g/mol. The summed E-state index contributed by atoms with van der Waals surface area (Å²) in [6.07, 6.45) is 1.09. The minimum atomic E-state index is -2.70. The normalized spacial score (nSPS) is 13.5. The second-order valence-corrected chi connectivity index (χ2v) is 6.62. The van der Waals surface area contributed by atoms with Crippen LogP contribution in [0.4, 0.5) is 11.4 Å². The smallest absolute Gasteiger partial charge is 0.227 e. The predicted octanol–water partition coefficient (Wildman–Crippen LogP) is 2.12. The van der Waals surface area contributed by atoms with Gasteiger partial charge in [-0.25, -0.2) is 8.42 Å². The van der Waals surface area contributed by atoms with Gasteiger partial charge < -0.3 is 14.4 Å². The number of nitrogens with zero attached hydrogens (tertiary/aromatic N) is 1. The Morgan fingerprint density at radius 1 is 1.04 bits per heavy atom. The molecule has 0 aromatic heterocycles. The number of hydrogen-bond donors (Lipinski definition) is 2. The van der Waals surface area contributed by atoms with E-state index in [-0.39, 0.29) is 5.91 Å². The van der Waals surface area contributed by atoms with Gasteiger partial charge in [0.05, 0.1) is 26.5 Å². The Kier molecular flexibility index (Phi) is 5.32. The highest BCUT2D eigenvalue weighted by Crippen LogP contribution is 2.38. The zero-order chi connectivity index (χ0) is 18.7. The highest BCUT2D eigenvalue weighted by Gasteiger charge is 2.26. The molecule has 0 aliphatic carbocycles. The van der Waals surface area contributed by atoms with E-state index in [4.69, 9.17) is 9.47 Å². The first-order chi connectivity index (χ1) is 12.5. The van der Waals surface area contributed by atoms with Crippen molar-refractivity contribution in [1.82, 2.24) is 0 Å². The van der Waals surface area contributed by atoms with Gasteiger partial charge in [0.25, 0.3) is 0 Å². The highest BCUT2D eigenvalue weighted by molar-refractivity contribution is 7.73. The SMILES string of the molecule is COc1cc2c(cc1OC)N(Cc1ccc(N[SH](=O)=O)cc1)C(=O)CC2. The molecule has 0 unspecified atom stereocenters. The molecule has 0 spiro atoms. The van der Waals surface area contributed by atoms with E-state index in [1.54, 1.807) is 43.4 Å². The summed E-state index contributed by atoms with van der Waals surface area (Å²) in [5, 5.41) is 0. The van der Waals surface area contributed by atoms with Crippen LogP contribution in [0, 0.1) is 0 Å². The van der Waals surface area contributed by atoms with Crippen LogP contribution in [0.25, 0.3) is 0 Å². The van der Waals surface area contributed by atoms with Crippen molar-refractivity contribution in [2.24, 2.45) is 0 Å². The maximum Gasteiger partial charge on any atom is 0.227 e. The number of nitrogens with one attached hydrogen (secondary N) is 1. The van der Waals surface area contributed by atoms with Gasteiger partial charge in [-0.2, -0.15) is 0 Å². The number of rotatable bonds is 6. The lowest BCUT2D eigenvalue weighted by atomic mass is 9.99. The van der Waals surface area contributed by atoms with Gasteiger partial charge in [-0.05, 0) is 35.7 Å². The van der Waals surface area contributed by atoms with E-state index in [1.807, 2.05) is 12.1 Å². The Bertz CT molecular complexity index is 885. The fourth-order valence-electron chi connectivity index (χ4n) is 3.02. The molecule has 1 aliphatic rings. The topological polar surface area (TPSA) is 84.9 Å². The van der Waals surface area contributed by atoms with Crippen LogP contribution in [0.3, 0.4) is 0 Å². The van der Waals surface area contributed by atoms with Crippen molar-refractivity contribution in [2.75, 3.05) is 23.8 Å².